The fourth-order valence-corrected chi connectivity index (χ4v) is 4.68. The van der Waals surface area contributed by atoms with E-state index in [1.807, 2.05) is 0 Å². The fourth-order valence-electron chi connectivity index (χ4n) is 3.86. The third kappa shape index (κ3) is 2.60. The van der Waals surface area contributed by atoms with E-state index < -0.39 is 0 Å². The topological polar surface area (TPSA) is 15.3 Å². The van der Waals surface area contributed by atoms with Crippen LogP contribution in [0.4, 0.5) is 5.69 Å². The highest BCUT2D eigenvalue weighted by Crippen LogP contribution is 2.43. The minimum Gasteiger partial charge on any atom is -0.364 e. The van der Waals surface area contributed by atoms with Crippen molar-refractivity contribution in [1.82, 2.24) is 5.32 Å². The van der Waals surface area contributed by atoms with E-state index in [-0.39, 0.29) is 0 Å². The summed E-state index contributed by atoms with van der Waals surface area (Å²) in [5, 5.41) is 4.50. The SMILES string of the molecule is CCNC1CC2CCC(C1)N2c1cc(Cl)c(C)cc1Br. The standard InChI is InChI=1S/C16H22BrClN2/c1-3-19-11-7-12-4-5-13(8-11)20(12)16-9-15(18)10(2)6-14(16)17/h6,9,11-13,19H,3-5,7-8H2,1-2H3. The van der Waals surface area contributed by atoms with E-state index in [2.05, 4.69) is 52.1 Å². The molecule has 20 heavy (non-hydrogen) atoms. The van der Waals surface area contributed by atoms with Gasteiger partial charge < -0.3 is 10.2 Å². The van der Waals surface area contributed by atoms with Crippen molar-refractivity contribution in [3.8, 4) is 0 Å². The highest BCUT2D eigenvalue weighted by atomic mass is 79.9. The number of rotatable bonds is 3. The molecular formula is C16H22BrClN2. The number of halogens is 2. The number of anilines is 1. The maximum atomic E-state index is 6.34. The summed E-state index contributed by atoms with van der Waals surface area (Å²) in [5.74, 6) is 0. The van der Waals surface area contributed by atoms with Gasteiger partial charge in [0, 0.05) is 27.6 Å². The zero-order valence-electron chi connectivity index (χ0n) is 12.1. The van der Waals surface area contributed by atoms with E-state index >= 15 is 0 Å². The number of nitrogens with zero attached hydrogens (tertiary/aromatic N) is 1. The van der Waals surface area contributed by atoms with Crippen molar-refractivity contribution in [2.45, 2.75) is 57.7 Å². The van der Waals surface area contributed by atoms with Crippen LogP contribution < -0.4 is 10.2 Å². The average molecular weight is 358 g/mol. The van der Waals surface area contributed by atoms with Crippen molar-refractivity contribution >= 4 is 33.2 Å². The van der Waals surface area contributed by atoms with Crippen molar-refractivity contribution in [3.63, 3.8) is 0 Å². The molecule has 0 radical (unpaired) electrons. The molecule has 0 aliphatic carbocycles. The largest absolute Gasteiger partial charge is 0.364 e. The van der Waals surface area contributed by atoms with Gasteiger partial charge in [0.25, 0.3) is 0 Å². The van der Waals surface area contributed by atoms with Gasteiger partial charge in [-0.2, -0.15) is 0 Å². The van der Waals surface area contributed by atoms with Crippen molar-refractivity contribution in [2.75, 3.05) is 11.4 Å². The first-order valence-electron chi connectivity index (χ1n) is 7.57. The second-order valence-electron chi connectivity index (χ2n) is 6.07. The van der Waals surface area contributed by atoms with Gasteiger partial charge in [0.2, 0.25) is 0 Å². The summed E-state index contributed by atoms with van der Waals surface area (Å²) in [6.45, 7) is 5.33. The van der Waals surface area contributed by atoms with Gasteiger partial charge in [-0.3, -0.25) is 0 Å². The molecule has 2 atom stereocenters. The predicted molar refractivity (Wildman–Crippen MR) is 89.9 cm³/mol. The number of benzene rings is 1. The van der Waals surface area contributed by atoms with Crippen molar-refractivity contribution in [3.05, 3.63) is 27.2 Å². The summed E-state index contributed by atoms with van der Waals surface area (Å²) in [4.78, 5) is 2.61. The second kappa shape index (κ2) is 5.86. The van der Waals surface area contributed by atoms with Crippen LogP contribution in [0.2, 0.25) is 5.02 Å². The summed E-state index contributed by atoms with van der Waals surface area (Å²) in [5.41, 5.74) is 2.42. The molecule has 2 heterocycles. The molecule has 0 aromatic heterocycles. The number of hydrogen-bond donors (Lipinski definition) is 1. The van der Waals surface area contributed by atoms with Crippen LogP contribution in [0.15, 0.2) is 16.6 Å². The number of nitrogens with one attached hydrogen (secondary N) is 1. The molecule has 2 saturated heterocycles. The van der Waals surface area contributed by atoms with Gasteiger partial charge in [-0.1, -0.05) is 18.5 Å². The zero-order valence-corrected chi connectivity index (χ0v) is 14.5. The van der Waals surface area contributed by atoms with Crippen molar-refractivity contribution in [1.29, 1.82) is 0 Å². The zero-order chi connectivity index (χ0) is 14.3. The van der Waals surface area contributed by atoms with Crippen LogP contribution in [0.5, 0.6) is 0 Å². The average Bonchev–Trinajstić information content (AvgIpc) is 2.66. The van der Waals surface area contributed by atoms with Crippen LogP contribution in [0.25, 0.3) is 0 Å². The smallest absolute Gasteiger partial charge is 0.0530 e. The highest BCUT2D eigenvalue weighted by molar-refractivity contribution is 9.10. The first kappa shape index (κ1) is 14.7. The summed E-state index contributed by atoms with van der Waals surface area (Å²) < 4.78 is 1.18. The van der Waals surface area contributed by atoms with Crippen LogP contribution in [0.1, 0.15) is 38.2 Å². The lowest BCUT2D eigenvalue weighted by atomic mass is 9.96. The molecule has 1 aromatic carbocycles. The predicted octanol–water partition coefficient (Wildman–Crippen LogP) is 4.52. The Balaban J connectivity index is 1.87. The fraction of sp³-hybridized carbons (Fsp3) is 0.625. The Kier molecular flexibility index (Phi) is 4.30. The van der Waals surface area contributed by atoms with Gasteiger partial charge >= 0.3 is 0 Å². The Bertz CT molecular complexity index is 491. The number of aryl methyl sites for hydroxylation is 1. The molecule has 110 valence electrons. The van der Waals surface area contributed by atoms with E-state index in [1.54, 1.807) is 0 Å². The first-order valence-corrected chi connectivity index (χ1v) is 8.74. The third-order valence-electron chi connectivity index (χ3n) is 4.73. The normalized spacial score (nSPS) is 29.0. The molecule has 3 rings (SSSR count). The van der Waals surface area contributed by atoms with Gasteiger partial charge in [0.15, 0.2) is 0 Å². The van der Waals surface area contributed by atoms with Gasteiger partial charge in [-0.05, 0) is 72.8 Å². The monoisotopic (exact) mass is 356 g/mol. The molecule has 0 amide bonds. The highest BCUT2D eigenvalue weighted by Gasteiger charge is 2.41. The lowest BCUT2D eigenvalue weighted by Gasteiger charge is -2.41. The van der Waals surface area contributed by atoms with Crippen LogP contribution >= 0.6 is 27.5 Å². The Labute approximate surface area is 135 Å². The minimum absolute atomic E-state index is 0.660. The summed E-state index contributed by atoms with van der Waals surface area (Å²) in [7, 11) is 0. The molecule has 2 nitrogen and oxygen atoms in total. The van der Waals surface area contributed by atoms with Gasteiger partial charge in [0.1, 0.15) is 0 Å². The van der Waals surface area contributed by atoms with Crippen LogP contribution in [-0.4, -0.2) is 24.7 Å². The van der Waals surface area contributed by atoms with Gasteiger partial charge in [-0.25, -0.2) is 0 Å². The van der Waals surface area contributed by atoms with Crippen molar-refractivity contribution < 1.29 is 0 Å². The van der Waals surface area contributed by atoms with Gasteiger partial charge in [-0.15, -0.1) is 0 Å². The van der Waals surface area contributed by atoms with Crippen LogP contribution in [0.3, 0.4) is 0 Å². The van der Waals surface area contributed by atoms with Crippen LogP contribution in [0, 0.1) is 6.92 Å². The minimum atomic E-state index is 0.660. The number of piperidine rings is 1. The van der Waals surface area contributed by atoms with E-state index in [0.717, 1.165) is 17.1 Å². The van der Waals surface area contributed by atoms with Gasteiger partial charge in [0.05, 0.1) is 5.69 Å². The summed E-state index contributed by atoms with van der Waals surface area (Å²) >= 11 is 10.1. The molecule has 4 heteroatoms. The second-order valence-corrected chi connectivity index (χ2v) is 7.33. The third-order valence-corrected chi connectivity index (χ3v) is 5.77. The number of fused-ring (bicyclic) bond motifs is 2. The molecule has 2 unspecified atom stereocenters. The summed E-state index contributed by atoms with van der Waals surface area (Å²) in [6.07, 6.45) is 5.12. The van der Waals surface area contributed by atoms with E-state index in [1.165, 1.54) is 35.8 Å². The van der Waals surface area contributed by atoms with E-state index in [4.69, 9.17) is 11.6 Å². The molecule has 0 saturated carbocycles. The van der Waals surface area contributed by atoms with Crippen LogP contribution in [-0.2, 0) is 0 Å². The first-order chi connectivity index (χ1) is 9.60. The summed E-state index contributed by atoms with van der Waals surface area (Å²) in [6, 6.07) is 6.29. The lowest BCUT2D eigenvalue weighted by Crippen LogP contribution is -2.49. The Morgan fingerprint density at radius 1 is 1.30 bits per heavy atom. The van der Waals surface area contributed by atoms with Crippen molar-refractivity contribution in [2.24, 2.45) is 0 Å². The maximum absolute atomic E-state index is 6.34. The van der Waals surface area contributed by atoms with E-state index in [9.17, 15) is 0 Å². The molecule has 2 fully saturated rings. The van der Waals surface area contributed by atoms with E-state index in [0.29, 0.717) is 18.1 Å². The Morgan fingerprint density at radius 3 is 2.55 bits per heavy atom. The molecule has 1 aromatic rings. The lowest BCUT2D eigenvalue weighted by molar-refractivity contribution is 0.361. The molecule has 2 aliphatic rings. The molecule has 0 spiro atoms. The number of hydrogen-bond acceptors (Lipinski definition) is 2. The Hall–Kier alpha value is -0.250. The molecular weight excluding hydrogens is 336 g/mol. The Morgan fingerprint density at radius 2 is 1.95 bits per heavy atom. The molecule has 2 bridgehead atoms. The molecule has 1 N–H and O–H groups in total. The maximum Gasteiger partial charge on any atom is 0.0530 e. The molecule has 2 aliphatic heterocycles. The quantitative estimate of drug-likeness (QED) is 0.855.